The molecule has 0 fully saturated rings. The molecule has 0 saturated heterocycles. The molecule has 0 unspecified atom stereocenters. The molecular formula is C28H29N3O4. The molecule has 4 N–H and O–H groups in total. The molecule has 3 aromatic carbocycles. The van der Waals surface area contributed by atoms with Crippen LogP contribution in [0.3, 0.4) is 0 Å². The van der Waals surface area contributed by atoms with Gasteiger partial charge in [-0.15, -0.1) is 0 Å². The Morgan fingerprint density at radius 1 is 0.914 bits per heavy atom. The molecule has 0 radical (unpaired) electrons. The quantitative estimate of drug-likeness (QED) is 0.265. The molecule has 35 heavy (non-hydrogen) atoms. The number of hydrogen-bond acceptors (Lipinski definition) is 5. The second-order valence-corrected chi connectivity index (χ2v) is 8.44. The highest BCUT2D eigenvalue weighted by molar-refractivity contribution is 5.89. The van der Waals surface area contributed by atoms with Crippen LogP contribution in [0.15, 0.2) is 85.1 Å². The van der Waals surface area contributed by atoms with E-state index in [4.69, 9.17) is 4.74 Å². The minimum atomic E-state index is -0.840. The first-order chi connectivity index (χ1) is 17.0. The van der Waals surface area contributed by atoms with Crippen molar-refractivity contribution in [2.24, 2.45) is 0 Å². The Hall–Kier alpha value is -4.10. The number of amides is 1. The van der Waals surface area contributed by atoms with Gasteiger partial charge in [-0.05, 0) is 41.3 Å². The van der Waals surface area contributed by atoms with E-state index in [1.165, 1.54) is 7.11 Å². The Labute approximate surface area is 204 Å². The Morgan fingerprint density at radius 3 is 2.43 bits per heavy atom. The second kappa shape index (κ2) is 11.4. The maximum atomic E-state index is 13.4. The molecule has 0 aliphatic rings. The van der Waals surface area contributed by atoms with E-state index in [1.54, 1.807) is 18.2 Å². The molecule has 7 nitrogen and oxygen atoms in total. The highest BCUT2D eigenvalue weighted by atomic mass is 16.5. The van der Waals surface area contributed by atoms with Gasteiger partial charge in [0.15, 0.2) is 0 Å². The molecule has 0 aliphatic heterocycles. The van der Waals surface area contributed by atoms with Gasteiger partial charge in [-0.25, -0.2) is 4.79 Å². The number of aromatic nitrogens is 1. The zero-order chi connectivity index (χ0) is 24.6. The van der Waals surface area contributed by atoms with Crippen LogP contribution in [0, 0.1) is 0 Å². The molecule has 0 bridgehead atoms. The third-order valence-electron chi connectivity index (χ3n) is 5.96. The van der Waals surface area contributed by atoms with Crippen molar-refractivity contribution in [1.29, 1.82) is 0 Å². The molecule has 2 atom stereocenters. The van der Waals surface area contributed by atoms with Crippen LogP contribution in [0.25, 0.3) is 10.9 Å². The number of fused-ring (bicyclic) bond motifs is 1. The molecule has 1 heterocycles. The summed E-state index contributed by atoms with van der Waals surface area (Å²) >= 11 is 0. The number of ether oxygens (including phenoxy) is 1. The van der Waals surface area contributed by atoms with Crippen LogP contribution in [0.2, 0.25) is 0 Å². The van der Waals surface area contributed by atoms with Crippen molar-refractivity contribution in [2.45, 2.75) is 31.5 Å². The maximum absolute atomic E-state index is 13.4. The lowest BCUT2D eigenvalue weighted by atomic mass is 10.0. The molecule has 180 valence electrons. The van der Waals surface area contributed by atoms with Crippen LogP contribution in [0.4, 0.5) is 0 Å². The fraction of sp³-hybridized carbons (Fsp3) is 0.214. The smallest absolute Gasteiger partial charge is 0.328 e. The minimum absolute atomic E-state index is 0.165. The largest absolute Gasteiger partial charge is 0.508 e. The number of para-hydroxylation sites is 1. The van der Waals surface area contributed by atoms with Gasteiger partial charge in [-0.1, -0.05) is 60.7 Å². The van der Waals surface area contributed by atoms with Gasteiger partial charge in [-0.2, -0.15) is 0 Å². The summed E-state index contributed by atoms with van der Waals surface area (Å²) in [4.78, 5) is 29.2. The number of esters is 1. The third kappa shape index (κ3) is 6.28. The molecule has 1 amide bonds. The highest BCUT2D eigenvalue weighted by Gasteiger charge is 2.27. The SMILES string of the molecule is COC(=O)[C@@H](Cc1c[nH]c2ccccc12)NC(=O)[C@H](Cc1ccccc1)NCc1cccc(O)c1. The fourth-order valence-corrected chi connectivity index (χ4v) is 4.14. The van der Waals surface area contributed by atoms with Crippen molar-refractivity contribution in [1.82, 2.24) is 15.6 Å². The van der Waals surface area contributed by atoms with Crippen molar-refractivity contribution < 1.29 is 19.4 Å². The summed E-state index contributed by atoms with van der Waals surface area (Å²) in [5.74, 6) is -0.642. The molecule has 0 aliphatic carbocycles. The number of carbonyl (C=O) groups is 2. The number of methoxy groups -OCH3 is 1. The molecule has 4 aromatic rings. The van der Waals surface area contributed by atoms with Gasteiger partial charge in [0.25, 0.3) is 0 Å². The number of rotatable bonds is 10. The van der Waals surface area contributed by atoms with Crippen LogP contribution in [-0.4, -0.2) is 41.2 Å². The summed E-state index contributed by atoms with van der Waals surface area (Å²) in [5.41, 5.74) is 3.72. The first kappa shape index (κ1) is 24.0. The van der Waals surface area contributed by atoms with E-state index in [9.17, 15) is 14.7 Å². The number of carbonyl (C=O) groups excluding carboxylic acids is 2. The average molecular weight is 472 g/mol. The zero-order valence-corrected chi connectivity index (χ0v) is 19.5. The number of phenolic OH excluding ortho intramolecular Hbond substituents is 1. The standard InChI is InChI=1S/C28H29N3O4/c1-35-28(34)26(16-21-18-30-24-13-6-5-12-23(21)24)31-27(33)25(15-19-8-3-2-4-9-19)29-17-20-10-7-11-22(32)14-20/h2-14,18,25-26,29-30,32H,15-17H2,1H3,(H,31,33)/t25-,26+/m0/s1. The van der Waals surface area contributed by atoms with Crippen LogP contribution in [0.5, 0.6) is 5.75 Å². The van der Waals surface area contributed by atoms with Gasteiger partial charge in [0.05, 0.1) is 13.2 Å². The first-order valence-electron chi connectivity index (χ1n) is 11.5. The Kier molecular flexibility index (Phi) is 7.80. The van der Waals surface area contributed by atoms with Gasteiger partial charge >= 0.3 is 5.97 Å². The number of hydrogen-bond donors (Lipinski definition) is 4. The topological polar surface area (TPSA) is 103 Å². The number of H-pyrrole nitrogens is 1. The average Bonchev–Trinajstić information content (AvgIpc) is 3.29. The zero-order valence-electron chi connectivity index (χ0n) is 19.5. The normalized spacial score (nSPS) is 12.7. The number of aromatic amines is 1. The molecule has 0 saturated carbocycles. The van der Waals surface area contributed by atoms with Gasteiger partial charge in [0.1, 0.15) is 11.8 Å². The van der Waals surface area contributed by atoms with Crippen molar-refractivity contribution in [3.63, 3.8) is 0 Å². The van der Waals surface area contributed by atoms with E-state index in [0.29, 0.717) is 19.4 Å². The van der Waals surface area contributed by atoms with E-state index in [2.05, 4.69) is 15.6 Å². The minimum Gasteiger partial charge on any atom is -0.508 e. The second-order valence-electron chi connectivity index (χ2n) is 8.44. The molecule has 7 heteroatoms. The Balaban J connectivity index is 1.52. The monoisotopic (exact) mass is 471 g/mol. The highest BCUT2D eigenvalue weighted by Crippen LogP contribution is 2.19. The van der Waals surface area contributed by atoms with Crippen LogP contribution in [0.1, 0.15) is 16.7 Å². The van der Waals surface area contributed by atoms with E-state index in [1.807, 2.05) is 66.9 Å². The molecule has 4 rings (SSSR count). The van der Waals surface area contributed by atoms with Crippen LogP contribution >= 0.6 is 0 Å². The lowest BCUT2D eigenvalue weighted by molar-refractivity contribution is -0.145. The van der Waals surface area contributed by atoms with Crippen molar-refractivity contribution >= 4 is 22.8 Å². The predicted octanol–water partition coefficient (Wildman–Crippen LogP) is 3.47. The van der Waals surface area contributed by atoms with E-state index < -0.39 is 18.1 Å². The maximum Gasteiger partial charge on any atom is 0.328 e. The van der Waals surface area contributed by atoms with Crippen LogP contribution < -0.4 is 10.6 Å². The number of benzene rings is 3. The number of nitrogens with one attached hydrogen (secondary N) is 3. The summed E-state index contributed by atoms with van der Waals surface area (Å²) in [6.07, 6.45) is 2.59. The number of phenols is 1. The Morgan fingerprint density at radius 2 is 1.66 bits per heavy atom. The Bertz CT molecular complexity index is 1290. The lowest BCUT2D eigenvalue weighted by Gasteiger charge is -2.22. The third-order valence-corrected chi connectivity index (χ3v) is 5.96. The number of aromatic hydroxyl groups is 1. The predicted molar refractivity (Wildman–Crippen MR) is 135 cm³/mol. The van der Waals surface area contributed by atoms with Crippen molar-refractivity contribution in [2.75, 3.05) is 7.11 Å². The molecule has 1 aromatic heterocycles. The van der Waals surface area contributed by atoms with Gasteiger partial charge < -0.3 is 25.5 Å². The first-order valence-corrected chi connectivity index (χ1v) is 11.5. The van der Waals surface area contributed by atoms with Gasteiger partial charge in [-0.3, -0.25) is 4.79 Å². The molecular weight excluding hydrogens is 442 g/mol. The summed E-state index contributed by atoms with van der Waals surface area (Å²) in [6, 6.07) is 22.9. The van der Waals surface area contributed by atoms with E-state index >= 15 is 0 Å². The van der Waals surface area contributed by atoms with Crippen LogP contribution in [-0.2, 0) is 33.7 Å². The van der Waals surface area contributed by atoms with E-state index in [0.717, 1.165) is 27.6 Å². The van der Waals surface area contributed by atoms with Gasteiger partial charge in [0.2, 0.25) is 5.91 Å². The fourth-order valence-electron chi connectivity index (χ4n) is 4.14. The van der Waals surface area contributed by atoms with Gasteiger partial charge in [0, 0.05) is 30.1 Å². The van der Waals surface area contributed by atoms with Crippen molar-refractivity contribution in [3.05, 3.63) is 102 Å². The summed E-state index contributed by atoms with van der Waals surface area (Å²) in [5, 5.41) is 16.9. The molecule has 0 spiro atoms. The lowest BCUT2D eigenvalue weighted by Crippen LogP contribution is -2.51. The summed E-state index contributed by atoms with van der Waals surface area (Å²) in [6.45, 7) is 0.380. The summed E-state index contributed by atoms with van der Waals surface area (Å²) in [7, 11) is 1.32. The van der Waals surface area contributed by atoms with Crippen molar-refractivity contribution in [3.8, 4) is 5.75 Å². The van der Waals surface area contributed by atoms with E-state index in [-0.39, 0.29) is 11.7 Å². The summed E-state index contributed by atoms with van der Waals surface area (Å²) < 4.78 is 5.00.